The summed E-state index contributed by atoms with van der Waals surface area (Å²) in [7, 11) is 0. The van der Waals surface area contributed by atoms with Crippen molar-refractivity contribution >= 4 is 49.4 Å². The quantitative estimate of drug-likeness (QED) is 0.153. The molecule has 0 bridgehead atoms. The molecule has 0 fully saturated rings. The normalized spacial score (nSPS) is 11.1. The highest BCUT2D eigenvalue weighted by atomic mass is 15.1. The van der Waals surface area contributed by atoms with E-state index in [-0.39, 0.29) is 0 Å². The van der Waals surface area contributed by atoms with Gasteiger partial charge in [-0.3, -0.25) is 0 Å². The minimum absolute atomic E-state index is 0.636. The predicted molar refractivity (Wildman–Crippen MR) is 240 cm³/mol. The molecular formula is C55H36N2. The first-order valence-electron chi connectivity index (χ1n) is 19.3. The van der Waals surface area contributed by atoms with Gasteiger partial charge in [-0.15, -0.1) is 0 Å². The second-order valence-corrected chi connectivity index (χ2v) is 14.4. The average molecular weight is 725 g/mol. The number of nitriles is 1. The van der Waals surface area contributed by atoms with Gasteiger partial charge >= 0.3 is 0 Å². The van der Waals surface area contributed by atoms with E-state index < -0.39 is 0 Å². The third-order valence-electron chi connectivity index (χ3n) is 11.1. The fourth-order valence-electron chi connectivity index (χ4n) is 8.39. The summed E-state index contributed by atoms with van der Waals surface area (Å²) in [6.07, 6.45) is 0. The number of fused-ring (bicyclic) bond motifs is 3. The first-order chi connectivity index (χ1) is 28.2. The van der Waals surface area contributed by atoms with Gasteiger partial charge in [0.25, 0.3) is 0 Å². The Kier molecular flexibility index (Phi) is 8.60. The molecule has 0 unspecified atom stereocenters. The Bertz CT molecular complexity index is 3040. The Hall–Kier alpha value is -7.73. The molecule has 10 aromatic carbocycles. The Balaban J connectivity index is 1.04. The zero-order valence-electron chi connectivity index (χ0n) is 31.2. The summed E-state index contributed by atoms with van der Waals surface area (Å²) in [5.41, 5.74) is 13.3. The molecule has 0 atom stereocenters. The standard InChI is InChI=1S/C55H36N2/c56-37-38-24-32-45(33-25-38)57(47-17-10-16-44(36-47)39-12-2-1-3-13-39)46-34-30-41(31-35-46)40-26-28-43(29-27-40)54-50-19-6-8-21-52(50)55(53-22-9-7-20-51(53)54)49-23-11-15-42-14-4-5-18-48(42)49/h1-36H. The second-order valence-electron chi connectivity index (χ2n) is 14.4. The molecule has 0 aliphatic heterocycles. The van der Waals surface area contributed by atoms with Gasteiger partial charge in [-0.1, -0.05) is 170 Å². The van der Waals surface area contributed by atoms with Gasteiger partial charge in [0.2, 0.25) is 0 Å². The predicted octanol–water partition coefficient (Wildman–Crippen LogP) is 15.2. The topological polar surface area (TPSA) is 27.0 Å². The number of rotatable bonds is 7. The zero-order chi connectivity index (χ0) is 38.1. The van der Waals surface area contributed by atoms with Crippen LogP contribution in [-0.4, -0.2) is 0 Å². The van der Waals surface area contributed by atoms with E-state index in [1.807, 2.05) is 30.3 Å². The summed E-state index contributed by atoms with van der Waals surface area (Å²) in [6, 6.07) is 79.9. The lowest BCUT2D eigenvalue weighted by molar-refractivity contribution is 1.28. The summed E-state index contributed by atoms with van der Waals surface area (Å²) in [5.74, 6) is 0. The van der Waals surface area contributed by atoms with Crippen molar-refractivity contribution < 1.29 is 0 Å². The first kappa shape index (κ1) is 33.8. The summed E-state index contributed by atoms with van der Waals surface area (Å²) >= 11 is 0. The highest BCUT2D eigenvalue weighted by Gasteiger charge is 2.18. The van der Waals surface area contributed by atoms with E-state index in [2.05, 4.69) is 199 Å². The Morgan fingerprint density at radius 3 is 1.40 bits per heavy atom. The van der Waals surface area contributed by atoms with Gasteiger partial charge in [0.1, 0.15) is 0 Å². The van der Waals surface area contributed by atoms with Crippen LogP contribution in [0.15, 0.2) is 218 Å². The number of anilines is 3. The molecular weight excluding hydrogens is 689 g/mol. The average Bonchev–Trinajstić information content (AvgIpc) is 3.29. The van der Waals surface area contributed by atoms with Crippen LogP contribution in [-0.2, 0) is 0 Å². The summed E-state index contributed by atoms with van der Waals surface area (Å²) in [6.45, 7) is 0. The van der Waals surface area contributed by atoms with Crippen molar-refractivity contribution in [2.75, 3.05) is 4.90 Å². The van der Waals surface area contributed by atoms with E-state index in [0.29, 0.717) is 5.56 Å². The summed E-state index contributed by atoms with van der Waals surface area (Å²) < 4.78 is 0. The molecule has 0 saturated heterocycles. The maximum atomic E-state index is 9.50. The molecule has 2 nitrogen and oxygen atoms in total. The van der Waals surface area contributed by atoms with Gasteiger partial charge in [-0.2, -0.15) is 5.26 Å². The first-order valence-corrected chi connectivity index (χ1v) is 19.3. The van der Waals surface area contributed by atoms with Crippen molar-refractivity contribution in [2.45, 2.75) is 0 Å². The van der Waals surface area contributed by atoms with Gasteiger partial charge in [-0.05, 0) is 125 Å². The maximum Gasteiger partial charge on any atom is 0.0991 e. The fraction of sp³-hybridized carbons (Fsp3) is 0. The molecule has 2 heteroatoms. The van der Waals surface area contributed by atoms with Crippen LogP contribution in [0.2, 0.25) is 0 Å². The molecule has 57 heavy (non-hydrogen) atoms. The SMILES string of the molecule is N#Cc1ccc(N(c2ccc(-c3ccc(-c4c5ccccc5c(-c5cccc6ccccc56)c5ccccc45)cc3)cc2)c2cccc(-c3ccccc3)c2)cc1. The van der Waals surface area contributed by atoms with E-state index in [9.17, 15) is 5.26 Å². The van der Waals surface area contributed by atoms with Crippen molar-refractivity contribution in [3.8, 4) is 50.6 Å². The third kappa shape index (κ3) is 6.18. The largest absolute Gasteiger partial charge is 0.310 e. The molecule has 0 N–H and O–H groups in total. The van der Waals surface area contributed by atoms with Gasteiger partial charge in [0, 0.05) is 17.1 Å². The van der Waals surface area contributed by atoms with Crippen LogP contribution in [0.1, 0.15) is 5.56 Å². The molecule has 266 valence electrons. The molecule has 0 radical (unpaired) electrons. The molecule has 10 rings (SSSR count). The van der Waals surface area contributed by atoms with E-state index in [0.717, 1.165) is 33.8 Å². The highest BCUT2D eigenvalue weighted by Crippen LogP contribution is 2.45. The smallest absolute Gasteiger partial charge is 0.0991 e. The maximum absolute atomic E-state index is 9.50. The Morgan fingerprint density at radius 1 is 0.316 bits per heavy atom. The van der Waals surface area contributed by atoms with Crippen LogP contribution in [0.4, 0.5) is 17.1 Å². The van der Waals surface area contributed by atoms with E-state index >= 15 is 0 Å². The van der Waals surface area contributed by atoms with Crippen LogP contribution < -0.4 is 4.90 Å². The van der Waals surface area contributed by atoms with Gasteiger partial charge < -0.3 is 4.90 Å². The number of nitrogens with zero attached hydrogens (tertiary/aromatic N) is 2. The third-order valence-corrected chi connectivity index (χ3v) is 11.1. The number of hydrogen-bond acceptors (Lipinski definition) is 2. The Labute approximate surface area is 332 Å². The van der Waals surface area contributed by atoms with Crippen molar-refractivity contribution in [1.29, 1.82) is 5.26 Å². The van der Waals surface area contributed by atoms with Crippen molar-refractivity contribution in [2.24, 2.45) is 0 Å². The number of benzene rings is 10. The lowest BCUT2D eigenvalue weighted by Gasteiger charge is -2.26. The minimum atomic E-state index is 0.636. The summed E-state index contributed by atoms with van der Waals surface area (Å²) in [5, 5.41) is 17.0. The molecule has 0 amide bonds. The molecule has 0 aliphatic carbocycles. The van der Waals surface area contributed by atoms with Crippen LogP contribution in [0.25, 0.3) is 76.8 Å². The highest BCUT2D eigenvalue weighted by molar-refractivity contribution is 6.23. The Morgan fingerprint density at radius 2 is 0.772 bits per heavy atom. The van der Waals surface area contributed by atoms with Crippen LogP contribution in [0.3, 0.4) is 0 Å². The lowest BCUT2D eigenvalue weighted by Crippen LogP contribution is -2.10. The molecule has 0 aliphatic rings. The molecule has 0 aromatic heterocycles. The summed E-state index contributed by atoms with van der Waals surface area (Å²) in [4.78, 5) is 2.25. The van der Waals surface area contributed by atoms with E-state index in [1.165, 1.54) is 60.1 Å². The van der Waals surface area contributed by atoms with Crippen molar-refractivity contribution in [3.05, 3.63) is 224 Å². The van der Waals surface area contributed by atoms with Crippen LogP contribution in [0.5, 0.6) is 0 Å². The molecule has 10 aromatic rings. The molecule has 0 spiro atoms. The monoisotopic (exact) mass is 724 g/mol. The van der Waals surface area contributed by atoms with E-state index in [1.54, 1.807) is 0 Å². The van der Waals surface area contributed by atoms with Gasteiger partial charge in [0.15, 0.2) is 0 Å². The van der Waals surface area contributed by atoms with Crippen molar-refractivity contribution in [1.82, 2.24) is 0 Å². The van der Waals surface area contributed by atoms with Crippen LogP contribution in [0, 0.1) is 11.3 Å². The minimum Gasteiger partial charge on any atom is -0.310 e. The van der Waals surface area contributed by atoms with Gasteiger partial charge in [0.05, 0.1) is 11.6 Å². The lowest BCUT2D eigenvalue weighted by atomic mass is 9.84. The molecule has 0 saturated carbocycles. The van der Waals surface area contributed by atoms with Gasteiger partial charge in [-0.25, -0.2) is 0 Å². The second kappa shape index (κ2) is 14.5. The van der Waals surface area contributed by atoms with E-state index in [4.69, 9.17) is 0 Å². The fourth-order valence-corrected chi connectivity index (χ4v) is 8.39. The molecule has 0 heterocycles. The van der Waals surface area contributed by atoms with Crippen LogP contribution >= 0.6 is 0 Å². The zero-order valence-corrected chi connectivity index (χ0v) is 31.2. The van der Waals surface area contributed by atoms with Crippen molar-refractivity contribution in [3.63, 3.8) is 0 Å². The number of hydrogen-bond donors (Lipinski definition) is 0.